The number of piperidine rings is 1. The second-order valence-electron chi connectivity index (χ2n) is 8.17. The lowest BCUT2D eigenvalue weighted by atomic mass is 9.90. The van der Waals surface area contributed by atoms with E-state index in [2.05, 4.69) is 20.6 Å². The van der Waals surface area contributed by atoms with Crippen molar-refractivity contribution in [3.05, 3.63) is 35.4 Å². The van der Waals surface area contributed by atoms with E-state index in [1.54, 1.807) is 0 Å². The molecule has 8 nitrogen and oxygen atoms in total. The van der Waals surface area contributed by atoms with Crippen molar-refractivity contribution in [1.82, 2.24) is 9.97 Å². The van der Waals surface area contributed by atoms with Crippen LogP contribution in [0.25, 0.3) is 0 Å². The van der Waals surface area contributed by atoms with Crippen molar-refractivity contribution in [2.75, 3.05) is 28.6 Å². The SMILES string of the molecule is N=Cc1c(Nc2cccc(C(F)(F)F)c2)nc(NC2CC(O)C2)nc1N1CCC(O)CC1. The summed E-state index contributed by atoms with van der Waals surface area (Å²) in [6, 6.07) is 4.77. The van der Waals surface area contributed by atoms with E-state index in [9.17, 15) is 23.4 Å². The smallest absolute Gasteiger partial charge is 0.393 e. The molecular weight excluding hydrogens is 425 g/mol. The fourth-order valence-corrected chi connectivity index (χ4v) is 3.87. The largest absolute Gasteiger partial charge is 0.416 e. The zero-order chi connectivity index (χ0) is 22.9. The van der Waals surface area contributed by atoms with E-state index in [0.29, 0.717) is 50.2 Å². The molecule has 0 spiro atoms. The highest BCUT2D eigenvalue weighted by molar-refractivity contribution is 5.92. The van der Waals surface area contributed by atoms with Gasteiger partial charge in [0.15, 0.2) is 0 Å². The summed E-state index contributed by atoms with van der Waals surface area (Å²) in [5.74, 6) is 0.944. The number of aromatic nitrogens is 2. The molecule has 1 saturated carbocycles. The van der Waals surface area contributed by atoms with Crippen LogP contribution in [-0.4, -0.2) is 57.7 Å². The molecule has 0 radical (unpaired) electrons. The Morgan fingerprint density at radius 2 is 1.81 bits per heavy atom. The molecule has 1 aromatic heterocycles. The molecule has 0 unspecified atom stereocenters. The van der Waals surface area contributed by atoms with Gasteiger partial charge in [-0.3, -0.25) is 0 Å². The van der Waals surface area contributed by atoms with Crippen LogP contribution in [0.1, 0.15) is 36.8 Å². The van der Waals surface area contributed by atoms with Gasteiger partial charge in [-0.15, -0.1) is 0 Å². The van der Waals surface area contributed by atoms with Gasteiger partial charge >= 0.3 is 6.18 Å². The van der Waals surface area contributed by atoms with Gasteiger partial charge in [-0.25, -0.2) is 0 Å². The average Bonchev–Trinajstić information content (AvgIpc) is 2.72. The minimum atomic E-state index is -4.48. The van der Waals surface area contributed by atoms with Crippen LogP contribution in [0.4, 0.5) is 36.4 Å². The summed E-state index contributed by atoms with van der Waals surface area (Å²) < 4.78 is 39.4. The van der Waals surface area contributed by atoms with Crippen molar-refractivity contribution in [3.8, 4) is 0 Å². The Morgan fingerprint density at radius 1 is 1.09 bits per heavy atom. The topological polar surface area (TPSA) is 117 Å². The summed E-state index contributed by atoms with van der Waals surface area (Å²) in [7, 11) is 0. The highest BCUT2D eigenvalue weighted by atomic mass is 19.4. The molecule has 1 aliphatic heterocycles. The van der Waals surface area contributed by atoms with Crippen LogP contribution in [0.2, 0.25) is 0 Å². The average molecular weight is 450 g/mol. The third kappa shape index (κ3) is 4.94. The lowest BCUT2D eigenvalue weighted by Gasteiger charge is -2.34. The lowest BCUT2D eigenvalue weighted by molar-refractivity contribution is -0.137. The summed E-state index contributed by atoms with van der Waals surface area (Å²) in [5.41, 5.74) is -0.260. The first-order valence-electron chi connectivity index (χ1n) is 10.5. The Bertz CT molecular complexity index is 972. The number of halogens is 3. The second-order valence-corrected chi connectivity index (χ2v) is 8.17. The van der Waals surface area contributed by atoms with E-state index in [0.717, 1.165) is 18.3 Å². The van der Waals surface area contributed by atoms with Gasteiger partial charge in [0.25, 0.3) is 0 Å². The number of nitrogens with one attached hydrogen (secondary N) is 3. The van der Waals surface area contributed by atoms with Gasteiger partial charge in [0.05, 0.1) is 23.3 Å². The monoisotopic (exact) mass is 450 g/mol. The molecule has 0 amide bonds. The molecule has 2 aromatic rings. The minimum Gasteiger partial charge on any atom is -0.393 e. The maximum Gasteiger partial charge on any atom is 0.416 e. The molecule has 11 heteroatoms. The van der Waals surface area contributed by atoms with Crippen LogP contribution in [-0.2, 0) is 6.18 Å². The number of aliphatic hydroxyl groups excluding tert-OH is 2. The van der Waals surface area contributed by atoms with Crippen LogP contribution in [0.5, 0.6) is 0 Å². The van der Waals surface area contributed by atoms with Crippen molar-refractivity contribution in [2.45, 2.75) is 50.1 Å². The van der Waals surface area contributed by atoms with E-state index in [1.165, 1.54) is 12.1 Å². The van der Waals surface area contributed by atoms with Crippen molar-refractivity contribution in [3.63, 3.8) is 0 Å². The number of aliphatic hydroxyl groups is 2. The van der Waals surface area contributed by atoms with Gasteiger partial charge in [-0.05, 0) is 43.9 Å². The third-order valence-corrected chi connectivity index (χ3v) is 5.73. The number of alkyl halides is 3. The van der Waals surface area contributed by atoms with E-state index in [1.807, 2.05) is 4.90 Å². The fraction of sp³-hybridized carbons (Fsp3) is 0.476. The van der Waals surface area contributed by atoms with Gasteiger partial charge in [0.1, 0.15) is 11.6 Å². The second kappa shape index (κ2) is 8.91. The van der Waals surface area contributed by atoms with Gasteiger partial charge < -0.3 is 31.2 Å². The summed E-state index contributed by atoms with van der Waals surface area (Å²) >= 11 is 0. The molecule has 2 aliphatic rings. The Hall–Kier alpha value is -2.92. The summed E-state index contributed by atoms with van der Waals surface area (Å²) in [5, 5.41) is 33.4. The van der Waals surface area contributed by atoms with Gasteiger partial charge in [-0.2, -0.15) is 23.1 Å². The molecular formula is C21H25F3N6O2. The Morgan fingerprint density at radius 3 is 2.44 bits per heavy atom. The number of hydrogen-bond acceptors (Lipinski definition) is 8. The molecule has 32 heavy (non-hydrogen) atoms. The van der Waals surface area contributed by atoms with Gasteiger partial charge in [0.2, 0.25) is 5.95 Å². The molecule has 1 aromatic carbocycles. The van der Waals surface area contributed by atoms with Crippen LogP contribution < -0.4 is 15.5 Å². The zero-order valence-corrected chi connectivity index (χ0v) is 17.2. The Balaban J connectivity index is 1.69. The van der Waals surface area contributed by atoms with E-state index in [4.69, 9.17) is 5.41 Å². The molecule has 2 heterocycles. The Labute approximate surface area is 183 Å². The molecule has 2 fully saturated rings. The first-order valence-corrected chi connectivity index (χ1v) is 10.5. The van der Waals surface area contributed by atoms with Crippen molar-refractivity contribution in [2.24, 2.45) is 0 Å². The Kier molecular flexibility index (Phi) is 6.20. The van der Waals surface area contributed by atoms with Gasteiger partial charge in [-0.1, -0.05) is 6.07 Å². The van der Waals surface area contributed by atoms with E-state index >= 15 is 0 Å². The third-order valence-electron chi connectivity index (χ3n) is 5.73. The molecule has 1 saturated heterocycles. The highest BCUT2D eigenvalue weighted by Crippen LogP contribution is 2.34. The standard InChI is InChI=1S/C21H25F3N6O2/c22-21(23,24)12-2-1-3-13(8-12)26-18-17(11-25)19(30-6-4-15(31)5-7-30)29-20(28-18)27-14-9-16(32)10-14/h1-3,8,11,14-16,25,31-32H,4-7,9-10H2,(H2,26,27,28,29). The number of hydrogen-bond donors (Lipinski definition) is 5. The number of rotatable bonds is 6. The first-order chi connectivity index (χ1) is 15.2. The van der Waals surface area contributed by atoms with E-state index in [-0.39, 0.29) is 29.6 Å². The number of anilines is 4. The van der Waals surface area contributed by atoms with Crippen molar-refractivity contribution in [1.29, 1.82) is 5.41 Å². The molecule has 5 N–H and O–H groups in total. The lowest BCUT2D eigenvalue weighted by Crippen LogP contribution is -2.40. The predicted molar refractivity (Wildman–Crippen MR) is 115 cm³/mol. The zero-order valence-electron chi connectivity index (χ0n) is 17.2. The summed E-state index contributed by atoms with van der Waals surface area (Å²) in [4.78, 5) is 10.9. The van der Waals surface area contributed by atoms with E-state index < -0.39 is 17.8 Å². The molecule has 4 rings (SSSR count). The maximum absolute atomic E-state index is 13.1. The normalized spacial score (nSPS) is 21.7. The quantitative estimate of drug-likeness (QED) is 0.429. The summed E-state index contributed by atoms with van der Waals surface area (Å²) in [6.45, 7) is 1.06. The van der Waals surface area contributed by atoms with Gasteiger partial charge in [0, 0.05) is 31.0 Å². The molecule has 1 aliphatic carbocycles. The van der Waals surface area contributed by atoms with Crippen molar-refractivity contribution >= 4 is 29.5 Å². The molecule has 172 valence electrons. The van der Waals surface area contributed by atoms with Crippen LogP contribution in [0.3, 0.4) is 0 Å². The summed E-state index contributed by atoms with van der Waals surface area (Å²) in [6.07, 6.45) is -1.97. The number of nitrogens with zero attached hydrogens (tertiary/aromatic N) is 3. The molecule has 0 bridgehead atoms. The van der Waals surface area contributed by atoms with Crippen LogP contribution >= 0.6 is 0 Å². The van der Waals surface area contributed by atoms with Crippen molar-refractivity contribution < 1.29 is 23.4 Å². The fourth-order valence-electron chi connectivity index (χ4n) is 3.87. The highest BCUT2D eigenvalue weighted by Gasteiger charge is 2.31. The molecule has 0 atom stereocenters. The predicted octanol–water partition coefficient (Wildman–Crippen LogP) is 3.13. The van der Waals surface area contributed by atoms with Crippen LogP contribution in [0.15, 0.2) is 24.3 Å². The number of benzene rings is 1. The first kappa shape index (κ1) is 22.3. The maximum atomic E-state index is 13.1. The van der Waals surface area contributed by atoms with Crippen LogP contribution in [0, 0.1) is 5.41 Å². The minimum absolute atomic E-state index is 0.00623.